The molecule has 112 valence electrons. The molecule has 1 aliphatic carbocycles. The van der Waals surface area contributed by atoms with Gasteiger partial charge in [-0.2, -0.15) is 0 Å². The molecule has 3 nitrogen and oxygen atoms in total. The standard InChI is InChI=1S/C18H24N2O/c1-12(2)18-17-8-7-16(11-13(17)9-10-20-18)21-15-5-3-14(19)4-6-15/h7-12,14-15H,3-6,19H2,1-2H3/t14-,15+. The Kier molecular flexibility index (Phi) is 4.11. The van der Waals surface area contributed by atoms with Gasteiger partial charge in [0.2, 0.25) is 0 Å². The molecule has 3 heteroatoms. The number of benzene rings is 1. The van der Waals surface area contributed by atoms with E-state index in [1.807, 2.05) is 6.20 Å². The van der Waals surface area contributed by atoms with E-state index >= 15 is 0 Å². The summed E-state index contributed by atoms with van der Waals surface area (Å²) in [6, 6.07) is 8.77. The molecule has 1 saturated carbocycles. The Hall–Kier alpha value is -1.61. The summed E-state index contributed by atoms with van der Waals surface area (Å²) in [6.07, 6.45) is 6.47. The van der Waals surface area contributed by atoms with Gasteiger partial charge in [0.1, 0.15) is 5.75 Å². The van der Waals surface area contributed by atoms with Crippen molar-refractivity contribution in [3.05, 3.63) is 36.2 Å². The van der Waals surface area contributed by atoms with E-state index in [1.165, 1.54) is 10.8 Å². The van der Waals surface area contributed by atoms with E-state index in [0.717, 1.165) is 37.1 Å². The highest BCUT2D eigenvalue weighted by Crippen LogP contribution is 2.29. The molecule has 21 heavy (non-hydrogen) atoms. The zero-order valence-corrected chi connectivity index (χ0v) is 12.9. The van der Waals surface area contributed by atoms with Crippen LogP contribution in [0.5, 0.6) is 5.75 Å². The summed E-state index contributed by atoms with van der Waals surface area (Å²) in [5.41, 5.74) is 7.10. The van der Waals surface area contributed by atoms with Gasteiger partial charge in [0.15, 0.2) is 0 Å². The van der Waals surface area contributed by atoms with Crippen LogP contribution < -0.4 is 10.5 Å². The lowest BCUT2D eigenvalue weighted by Gasteiger charge is -2.26. The maximum absolute atomic E-state index is 6.14. The molecule has 1 aromatic heterocycles. The van der Waals surface area contributed by atoms with E-state index in [4.69, 9.17) is 10.5 Å². The molecular formula is C18H24N2O. The number of hydrogen-bond donors (Lipinski definition) is 1. The minimum atomic E-state index is 0.314. The number of rotatable bonds is 3. The van der Waals surface area contributed by atoms with Crippen molar-refractivity contribution in [3.63, 3.8) is 0 Å². The molecule has 1 fully saturated rings. The summed E-state index contributed by atoms with van der Waals surface area (Å²) in [4.78, 5) is 4.51. The molecule has 0 atom stereocenters. The lowest BCUT2D eigenvalue weighted by Crippen LogP contribution is -2.31. The average molecular weight is 284 g/mol. The SMILES string of the molecule is CC(C)c1nccc2cc(O[C@H]3CC[C@@H](N)CC3)ccc12. The van der Waals surface area contributed by atoms with Gasteiger partial charge in [-0.1, -0.05) is 13.8 Å². The fourth-order valence-electron chi connectivity index (χ4n) is 3.11. The third-order valence-electron chi connectivity index (χ3n) is 4.34. The molecule has 0 bridgehead atoms. The number of nitrogens with zero attached hydrogens (tertiary/aromatic N) is 1. The molecule has 0 amide bonds. The topological polar surface area (TPSA) is 48.1 Å². The predicted octanol–water partition coefficient (Wildman–Crippen LogP) is 4.01. The minimum absolute atomic E-state index is 0.314. The van der Waals surface area contributed by atoms with Gasteiger partial charge in [-0.05, 0) is 61.3 Å². The first-order valence-corrected chi connectivity index (χ1v) is 7.94. The Morgan fingerprint density at radius 3 is 2.62 bits per heavy atom. The van der Waals surface area contributed by atoms with Gasteiger partial charge in [0.25, 0.3) is 0 Å². The van der Waals surface area contributed by atoms with Crippen LogP contribution in [0.4, 0.5) is 0 Å². The van der Waals surface area contributed by atoms with E-state index in [9.17, 15) is 0 Å². The molecule has 0 aliphatic heterocycles. The van der Waals surface area contributed by atoms with Crippen LogP contribution >= 0.6 is 0 Å². The molecule has 0 spiro atoms. The maximum atomic E-state index is 6.14. The second-order valence-electron chi connectivity index (χ2n) is 6.39. The Bertz CT molecular complexity index is 616. The summed E-state index contributed by atoms with van der Waals surface area (Å²) in [6.45, 7) is 4.36. The highest BCUT2D eigenvalue weighted by Gasteiger charge is 2.20. The van der Waals surface area contributed by atoms with Gasteiger partial charge in [-0.15, -0.1) is 0 Å². The van der Waals surface area contributed by atoms with Gasteiger partial charge in [0.05, 0.1) is 11.8 Å². The number of ether oxygens (including phenoxy) is 1. The van der Waals surface area contributed by atoms with Crippen LogP contribution in [0.2, 0.25) is 0 Å². The van der Waals surface area contributed by atoms with E-state index in [0.29, 0.717) is 18.1 Å². The average Bonchev–Trinajstić information content (AvgIpc) is 2.48. The largest absolute Gasteiger partial charge is 0.490 e. The van der Waals surface area contributed by atoms with Crippen molar-refractivity contribution in [2.45, 2.75) is 57.6 Å². The number of pyridine rings is 1. The molecule has 2 aromatic rings. The molecule has 1 aromatic carbocycles. The minimum Gasteiger partial charge on any atom is -0.490 e. The van der Waals surface area contributed by atoms with E-state index in [-0.39, 0.29) is 0 Å². The third kappa shape index (κ3) is 3.18. The second-order valence-corrected chi connectivity index (χ2v) is 6.39. The summed E-state index contributed by atoms with van der Waals surface area (Å²) >= 11 is 0. The van der Waals surface area contributed by atoms with Gasteiger partial charge in [0, 0.05) is 17.6 Å². The molecule has 0 saturated heterocycles. The second kappa shape index (κ2) is 6.02. The Morgan fingerprint density at radius 2 is 1.90 bits per heavy atom. The Morgan fingerprint density at radius 1 is 1.14 bits per heavy atom. The molecule has 0 radical (unpaired) electrons. The number of aromatic nitrogens is 1. The first kappa shape index (κ1) is 14.3. The summed E-state index contributed by atoms with van der Waals surface area (Å²) in [5, 5.41) is 2.43. The lowest BCUT2D eigenvalue weighted by atomic mass is 9.93. The van der Waals surface area contributed by atoms with Crippen molar-refractivity contribution in [1.29, 1.82) is 0 Å². The molecule has 1 heterocycles. The van der Waals surface area contributed by atoms with E-state index < -0.39 is 0 Å². The third-order valence-corrected chi connectivity index (χ3v) is 4.34. The van der Waals surface area contributed by atoms with Crippen LogP contribution in [0.25, 0.3) is 10.8 Å². The smallest absolute Gasteiger partial charge is 0.120 e. The van der Waals surface area contributed by atoms with Crippen molar-refractivity contribution in [1.82, 2.24) is 4.98 Å². The molecule has 1 aliphatic rings. The van der Waals surface area contributed by atoms with Crippen molar-refractivity contribution >= 4 is 10.8 Å². The van der Waals surface area contributed by atoms with Crippen LogP contribution in [0.15, 0.2) is 30.5 Å². The van der Waals surface area contributed by atoms with Crippen LogP contribution in [0.3, 0.4) is 0 Å². The lowest BCUT2D eigenvalue weighted by molar-refractivity contribution is 0.147. The summed E-state index contributed by atoms with van der Waals surface area (Å²) in [5.74, 6) is 1.39. The van der Waals surface area contributed by atoms with Crippen LogP contribution in [-0.4, -0.2) is 17.1 Å². The highest BCUT2D eigenvalue weighted by atomic mass is 16.5. The predicted molar refractivity (Wildman–Crippen MR) is 86.7 cm³/mol. The van der Waals surface area contributed by atoms with Crippen LogP contribution in [0.1, 0.15) is 51.1 Å². The Labute approximate surface area is 126 Å². The summed E-state index contributed by atoms with van der Waals surface area (Å²) < 4.78 is 6.14. The summed E-state index contributed by atoms with van der Waals surface area (Å²) in [7, 11) is 0. The van der Waals surface area contributed by atoms with Gasteiger partial charge in [-0.3, -0.25) is 4.98 Å². The van der Waals surface area contributed by atoms with E-state index in [1.54, 1.807) is 0 Å². The highest BCUT2D eigenvalue weighted by molar-refractivity contribution is 5.86. The number of nitrogens with two attached hydrogens (primary N) is 1. The quantitative estimate of drug-likeness (QED) is 0.926. The molecule has 0 unspecified atom stereocenters. The zero-order valence-electron chi connectivity index (χ0n) is 12.9. The van der Waals surface area contributed by atoms with Crippen molar-refractivity contribution < 1.29 is 4.74 Å². The van der Waals surface area contributed by atoms with Crippen LogP contribution in [-0.2, 0) is 0 Å². The van der Waals surface area contributed by atoms with Crippen molar-refractivity contribution in [2.75, 3.05) is 0 Å². The van der Waals surface area contributed by atoms with Gasteiger partial charge in [-0.25, -0.2) is 0 Å². The van der Waals surface area contributed by atoms with Gasteiger partial charge >= 0.3 is 0 Å². The maximum Gasteiger partial charge on any atom is 0.120 e. The fraction of sp³-hybridized carbons (Fsp3) is 0.500. The zero-order chi connectivity index (χ0) is 14.8. The number of fused-ring (bicyclic) bond motifs is 1. The molecular weight excluding hydrogens is 260 g/mol. The molecule has 2 N–H and O–H groups in total. The van der Waals surface area contributed by atoms with E-state index in [2.05, 4.69) is 43.1 Å². The Balaban J connectivity index is 1.81. The number of hydrogen-bond acceptors (Lipinski definition) is 3. The van der Waals surface area contributed by atoms with Crippen LogP contribution in [0, 0.1) is 0 Å². The normalized spacial score (nSPS) is 22.7. The molecule has 3 rings (SSSR count). The van der Waals surface area contributed by atoms with Gasteiger partial charge < -0.3 is 10.5 Å². The monoisotopic (exact) mass is 284 g/mol. The van der Waals surface area contributed by atoms with Crippen molar-refractivity contribution in [2.24, 2.45) is 5.73 Å². The first-order chi connectivity index (χ1) is 10.1. The fourth-order valence-corrected chi connectivity index (χ4v) is 3.11. The van der Waals surface area contributed by atoms with Crippen molar-refractivity contribution in [3.8, 4) is 5.75 Å². The first-order valence-electron chi connectivity index (χ1n) is 7.94.